The van der Waals surface area contributed by atoms with E-state index in [1.807, 2.05) is 37.3 Å². The second kappa shape index (κ2) is 10.4. The second-order valence-corrected chi connectivity index (χ2v) is 6.35. The van der Waals surface area contributed by atoms with E-state index in [1.54, 1.807) is 0 Å². The molecule has 0 aliphatic carbocycles. The summed E-state index contributed by atoms with van der Waals surface area (Å²) in [7, 11) is 0. The first-order valence-corrected chi connectivity index (χ1v) is 8.94. The van der Waals surface area contributed by atoms with Crippen molar-refractivity contribution in [2.24, 2.45) is 5.92 Å². The third-order valence-electron chi connectivity index (χ3n) is 4.05. The number of carbonyl (C=O) groups excluding carboxylic acids is 1. The van der Waals surface area contributed by atoms with Crippen LogP contribution in [-0.4, -0.2) is 5.97 Å². The third-order valence-corrected chi connectivity index (χ3v) is 4.05. The summed E-state index contributed by atoms with van der Waals surface area (Å²) in [4.78, 5) is 11.9. The SMILES string of the molecule is CCC#Cc1ccc(CCC(C)CC(=O)OCc2ccccc2)cc1. The zero-order valence-electron chi connectivity index (χ0n) is 15.1. The van der Waals surface area contributed by atoms with Crippen molar-refractivity contribution < 1.29 is 9.53 Å². The van der Waals surface area contributed by atoms with Gasteiger partial charge in [0, 0.05) is 18.4 Å². The molecule has 1 unspecified atom stereocenters. The summed E-state index contributed by atoms with van der Waals surface area (Å²) in [6.45, 7) is 4.51. The van der Waals surface area contributed by atoms with Crippen molar-refractivity contribution in [2.75, 3.05) is 0 Å². The first-order valence-electron chi connectivity index (χ1n) is 8.94. The molecule has 0 saturated carbocycles. The molecule has 0 aliphatic rings. The van der Waals surface area contributed by atoms with Crippen LogP contribution in [0.25, 0.3) is 0 Å². The van der Waals surface area contributed by atoms with Crippen molar-refractivity contribution in [3.63, 3.8) is 0 Å². The fourth-order valence-corrected chi connectivity index (χ4v) is 2.54. The predicted molar refractivity (Wildman–Crippen MR) is 102 cm³/mol. The van der Waals surface area contributed by atoms with E-state index in [2.05, 4.69) is 43.0 Å². The lowest BCUT2D eigenvalue weighted by atomic mass is 9.98. The average Bonchev–Trinajstić information content (AvgIpc) is 2.65. The van der Waals surface area contributed by atoms with Gasteiger partial charge >= 0.3 is 5.97 Å². The summed E-state index contributed by atoms with van der Waals surface area (Å²) in [6, 6.07) is 18.2. The lowest BCUT2D eigenvalue weighted by Gasteiger charge is -2.11. The number of hydrogen-bond donors (Lipinski definition) is 0. The van der Waals surface area contributed by atoms with E-state index in [9.17, 15) is 4.79 Å². The standard InChI is InChI=1S/C23H26O2/c1-3-4-8-20-13-15-21(16-14-20)12-11-19(2)17-23(24)25-18-22-9-6-5-7-10-22/h5-7,9-10,13-16,19H,3,11-12,17-18H2,1-2H3. The molecular formula is C23H26O2. The first-order chi connectivity index (χ1) is 12.2. The van der Waals surface area contributed by atoms with Crippen LogP contribution in [0.5, 0.6) is 0 Å². The van der Waals surface area contributed by atoms with Crippen LogP contribution in [0.3, 0.4) is 0 Å². The van der Waals surface area contributed by atoms with Gasteiger partial charge in [-0.15, -0.1) is 0 Å². The van der Waals surface area contributed by atoms with Crippen LogP contribution < -0.4 is 0 Å². The summed E-state index contributed by atoms with van der Waals surface area (Å²) in [6.07, 6.45) is 3.28. The Kier molecular flexibility index (Phi) is 7.79. The molecule has 0 radical (unpaired) electrons. The Hall–Kier alpha value is -2.53. The van der Waals surface area contributed by atoms with Crippen LogP contribution in [0.2, 0.25) is 0 Å². The number of aryl methyl sites for hydroxylation is 1. The quantitative estimate of drug-likeness (QED) is 0.517. The molecular weight excluding hydrogens is 308 g/mol. The number of esters is 1. The van der Waals surface area contributed by atoms with Crippen molar-refractivity contribution in [1.82, 2.24) is 0 Å². The molecule has 25 heavy (non-hydrogen) atoms. The van der Waals surface area contributed by atoms with Gasteiger partial charge in [0.25, 0.3) is 0 Å². The summed E-state index contributed by atoms with van der Waals surface area (Å²) < 4.78 is 5.35. The molecule has 2 aromatic carbocycles. The Bertz CT molecular complexity index is 705. The maximum atomic E-state index is 11.9. The Labute approximate surface area is 151 Å². The highest BCUT2D eigenvalue weighted by molar-refractivity contribution is 5.69. The highest BCUT2D eigenvalue weighted by atomic mass is 16.5. The maximum Gasteiger partial charge on any atom is 0.306 e. The number of carbonyl (C=O) groups is 1. The van der Waals surface area contributed by atoms with E-state index < -0.39 is 0 Å². The van der Waals surface area contributed by atoms with Gasteiger partial charge in [-0.25, -0.2) is 0 Å². The maximum absolute atomic E-state index is 11.9. The molecule has 2 heteroatoms. The molecule has 1 atom stereocenters. The van der Waals surface area contributed by atoms with Gasteiger partial charge in [-0.3, -0.25) is 4.79 Å². The minimum Gasteiger partial charge on any atom is -0.461 e. The van der Waals surface area contributed by atoms with Crippen molar-refractivity contribution >= 4 is 5.97 Å². The van der Waals surface area contributed by atoms with Crippen LogP contribution in [0, 0.1) is 17.8 Å². The monoisotopic (exact) mass is 334 g/mol. The number of hydrogen-bond acceptors (Lipinski definition) is 2. The third kappa shape index (κ3) is 7.27. The molecule has 0 saturated heterocycles. The zero-order valence-corrected chi connectivity index (χ0v) is 15.1. The smallest absolute Gasteiger partial charge is 0.306 e. The van der Waals surface area contributed by atoms with Gasteiger partial charge in [0.05, 0.1) is 0 Å². The molecule has 0 heterocycles. The van der Waals surface area contributed by atoms with Gasteiger partial charge in [0.1, 0.15) is 6.61 Å². The van der Waals surface area contributed by atoms with Gasteiger partial charge in [-0.05, 0) is 42.0 Å². The van der Waals surface area contributed by atoms with Gasteiger partial charge in [-0.1, -0.05) is 68.2 Å². The molecule has 2 rings (SSSR count). The Morgan fingerprint density at radius 2 is 1.76 bits per heavy atom. The molecule has 0 aromatic heterocycles. The van der Waals surface area contributed by atoms with Crippen molar-refractivity contribution in [1.29, 1.82) is 0 Å². The fraction of sp³-hybridized carbons (Fsp3) is 0.348. The molecule has 2 nitrogen and oxygen atoms in total. The average molecular weight is 334 g/mol. The van der Waals surface area contributed by atoms with Crippen molar-refractivity contribution in [3.05, 3.63) is 71.3 Å². The van der Waals surface area contributed by atoms with Crippen molar-refractivity contribution in [2.45, 2.75) is 46.1 Å². The lowest BCUT2D eigenvalue weighted by molar-refractivity contribution is -0.146. The molecule has 0 N–H and O–H groups in total. The molecule has 0 amide bonds. The second-order valence-electron chi connectivity index (χ2n) is 6.35. The van der Waals surface area contributed by atoms with E-state index in [4.69, 9.17) is 4.74 Å². The number of rotatable bonds is 7. The largest absolute Gasteiger partial charge is 0.461 e. The molecule has 2 aromatic rings. The van der Waals surface area contributed by atoms with Gasteiger partial charge < -0.3 is 4.74 Å². The predicted octanol–water partition coefficient (Wildman–Crippen LogP) is 5.15. The van der Waals surface area contributed by atoms with Gasteiger partial charge in [0.2, 0.25) is 0 Å². The summed E-state index contributed by atoms with van der Waals surface area (Å²) in [5, 5.41) is 0. The molecule has 0 aliphatic heterocycles. The van der Waals surface area contributed by atoms with E-state index in [0.717, 1.165) is 30.4 Å². The highest BCUT2D eigenvalue weighted by Gasteiger charge is 2.11. The summed E-state index contributed by atoms with van der Waals surface area (Å²) in [5.74, 6) is 6.39. The van der Waals surface area contributed by atoms with Crippen molar-refractivity contribution in [3.8, 4) is 11.8 Å². The van der Waals surface area contributed by atoms with E-state index in [-0.39, 0.29) is 5.97 Å². The van der Waals surface area contributed by atoms with Crippen LogP contribution >= 0.6 is 0 Å². The van der Waals surface area contributed by atoms with Gasteiger partial charge in [0.15, 0.2) is 0 Å². The van der Waals surface area contributed by atoms with E-state index in [1.165, 1.54) is 5.56 Å². The molecule has 130 valence electrons. The van der Waals surface area contributed by atoms with E-state index in [0.29, 0.717) is 18.9 Å². The van der Waals surface area contributed by atoms with Crippen LogP contribution in [0.1, 0.15) is 49.8 Å². The minimum absolute atomic E-state index is 0.124. The topological polar surface area (TPSA) is 26.3 Å². The molecule has 0 fully saturated rings. The zero-order chi connectivity index (χ0) is 17.9. The summed E-state index contributed by atoms with van der Waals surface area (Å²) in [5.41, 5.74) is 3.37. The Balaban J connectivity index is 1.70. The minimum atomic E-state index is -0.124. The molecule has 0 bridgehead atoms. The first kappa shape index (κ1) is 18.8. The lowest BCUT2D eigenvalue weighted by Crippen LogP contribution is -2.10. The van der Waals surface area contributed by atoms with Crippen LogP contribution in [-0.2, 0) is 22.6 Å². The molecule has 0 spiro atoms. The van der Waals surface area contributed by atoms with Crippen LogP contribution in [0.4, 0.5) is 0 Å². The summed E-state index contributed by atoms with van der Waals surface area (Å²) >= 11 is 0. The Morgan fingerprint density at radius 3 is 2.44 bits per heavy atom. The van der Waals surface area contributed by atoms with Crippen LogP contribution in [0.15, 0.2) is 54.6 Å². The normalized spacial score (nSPS) is 11.3. The number of benzene rings is 2. The van der Waals surface area contributed by atoms with E-state index >= 15 is 0 Å². The Morgan fingerprint density at radius 1 is 1.04 bits per heavy atom. The highest BCUT2D eigenvalue weighted by Crippen LogP contribution is 2.15. The number of ether oxygens (including phenoxy) is 1. The van der Waals surface area contributed by atoms with Gasteiger partial charge in [-0.2, -0.15) is 0 Å². The fourth-order valence-electron chi connectivity index (χ4n) is 2.54.